The Bertz CT molecular complexity index is 1120. The van der Waals surface area contributed by atoms with E-state index >= 15 is 0 Å². The number of amides is 2. The number of anilines is 1. The van der Waals surface area contributed by atoms with Gasteiger partial charge in [0.1, 0.15) is 5.75 Å². The number of nitrogens with zero attached hydrogens (tertiary/aromatic N) is 5. The van der Waals surface area contributed by atoms with Crippen molar-refractivity contribution in [2.24, 2.45) is 5.92 Å². The maximum atomic E-state index is 13.1. The van der Waals surface area contributed by atoms with Crippen LogP contribution in [0.5, 0.6) is 5.75 Å². The predicted octanol–water partition coefficient (Wildman–Crippen LogP) is 2.89. The molecule has 0 spiro atoms. The lowest BCUT2D eigenvalue weighted by Crippen LogP contribution is -2.50. The van der Waals surface area contributed by atoms with Crippen LogP contribution >= 0.6 is 11.3 Å². The number of rotatable bonds is 7. The largest absolute Gasteiger partial charge is 0.494 e. The highest BCUT2D eigenvalue weighted by molar-refractivity contribution is 7.13. The van der Waals surface area contributed by atoms with E-state index in [9.17, 15) is 9.59 Å². The summed E-state index contributed by atoms with van der Waals surface area (Å²) in [4.78, 5) is 37.0. The third-order valence-corrected chi connectivity index (χ3v) is 7.05. The minimum Gasteiger partial charge on any atom is -0.494 e. The Hall–Kier alpha value is -3.24. The predicted molar refractivity (Wildman–Crippen MR) is 128 cm³/mol. The molecule has 5 rings (SSSR count). The fourth-order valence-corrected chi connectivity index (χ4v) is 5.06. The van der Waals surface area contributed by atoms with Gasteiger partial charge in [0.15, 0.2) is 0 Å². The summed E-state index contributed by atoms with van der Waals surface area (Å²) in [5, 5.41) is 6.05. The van der Waals surface area contributed by atoms with Crippen molar-refractivity contribution in [1.29, 1.82) is 0 Å². The Morgan fingerprint density at radius 3 is 2.68 bits per heavy atom. The molecule has 2 aliphatic heterocycles. The van der Waals surface area contributed by atoms with Crippen LogP contribution in [0.15, 0.2) is 46.3 Å². The SMILES string of the molecule is CCOc1ccc(N2CC(C(=O)N3CCN(Cc4nc(-c5cccs5)no4)CC3)CC2=O)cc1. The standard InChI is InChI=1S/C24H27N5O4S/c1-2-32-19-7-5-18(6-8-19)29-15-17(14-22(29)30)24(31)28-11-9-27(10-12-28)16-21-25-23(26-33-21)20-4-3-13-34-20/h3-8,13,17H,2,9-12,14-16H2,1H3. The molecule has 3 aromatic rings. The van der Waals surface area contributed by atoms with Gasteiger partial charge in [-0.2, -0.15) is 4.98 Å². The first kappa shape index (κ1) is 22.5. The van der Waals surface area contributed by atoms with E-state index in [1.807, 2.05) is 53.6 Å². The highest BCUT2D eigenvalue weighted by Gasteiger charge is 2.38. The molecule has 2 amide bonds. The van der Waals surface area contributed by atoms with Crippen LogP contribution in [0, 0.1) is 5.92 Å². The van der Waals surface area contributed by atoms with Crippen molar-refractivity contribution in [3.8, 4) is 16.5 Å². The average Bonchev–Trinajstić information content (AvgIpc) is 3.61. The number of hydrogen-bond donors (Lipinski definition) is 0. The number of ether oxygens (including phenoxy) is 1. The van der Waals surface area contributed by atoms with E-state index in [-0.39, 0.29) is 24.2 Å². The Kier molecular flexibility index (Phi) is 6.59. The van der Waals surface area contributed by atoms with Crippen molar-refractivity contribution in [3.05, 3.63) is 47.7 Å². The van der Waals surface area contributed by atoms with Crippen molar-refractivity contribution in [2.75, 3.05) is 44.2 Å². The van der Waals surface area contributed by atoms with Crippen LogP contribution in [0.1, 0.15) is 19.2 Å². The topological polar surface area (TPSA) is 92.0 Å². The van der Waals surface area contributed by atoms with Gasteiger partial charge in [0.2, 0.25) is 23.5 Å². The van der Waals surface area contributed by atoms with E-state index in [1.165, 1.54) is 0 Å². The summed E-state index contributed by atoms with van der Waals surface area (Å²) < 4.78 is 10.9. The van der Waals surface area contributed by atoms with E-state index in [4.69, 9.17) is 9.26 Å². The van der Waals surface area contributed by atoms with Gasteiger partial charge in [0.25, 0.3) is 0 Å². The molecule has 0 saturated carbocycles. The molecule has 2 saturated heterocycles. The van der Waals surface area contributed by atoms with E-state index in [0.717, 1.165) is 29.4 Å². The molecule has 178 valence electrons. The van der Waals surface area contributed by atoms with Gasteiger partial charge in [-0.25, -0.2) is 0 Å². The monoisotopic (exact) mass is 481 g/mol. The molecule has 2 aromatic heterocycles. The van der Waals surface area contributed by atoms with Crippen LogP contribution in [0.4, 0.5) is 5.69 Å². The number of benzene rings is 1. The fraction of sp³-hybridized carbons (Fsp3) is 0.417. The Labute approximate surface area is 201 Å². The summed E-state index contributed by atoms with van der Waals surface area (Å²) in [6, 6.07) is 11.4. The highest BCUT2D eigenvalue weighted by atomic mass is 32.1. The summed E-state index contributed by atoms with van der Waals surface area (Å²) in [7, 11) is 0. The number of carbonyl (C=O) groups excluding carboxylic acids is 2. The molecule has 9 nitrogen and oxygen atoms in total. The lowest BCUT2D eigenvalue weighted by Gasteiger charge is -2.35. The van der Waals surface area contributed by atoms with Crippen molar-refractivity contribution in [2.45, 2.75) is 19.9 Å². The molecule has 2 fully saturated rings. The minimum absolute atomic E-state index is 0.0147. The fourth-order valence-electron chi connectivity index (χ4n) is 4.41. The van der Waals surface area contributed by atoms with Crippen LogP contribution in [0.2, 0.25) is 0 Å². The number of thiophene rings is 1. The zero-order chi connectivity index (χ0) is 23.5. The first-order valence-corrected chi connectivity index (χ1v) is 12.4. The normalized spacial score (nSPS) is 19.1. The Balaban J connectivity index is 1.13. The summed E-state index contributed by atoms with van der Waals surface area (Å²) in [6.45, 7) is 6.21. The van der Waals surface area contributed by atoms with Gasteiger partial charge in [-0.3, -0.25) is 14.5 Å². The first-order chi connectivity index (χ1) is 16.6. The molecule has 34 heavy (non-hydrogen) atoms. The zero-order valence-electron chi connectivity index (χ0n) is 19.1. The maximum absolute atomic E-state index is 13.1. The van der Waals surface area contributed by atoms with E-state index in [1.54, 1.807) is 16.2 Å². The molecule has 1 atom stereocenters. The number of carbonyl (C=O) groups is 2. The molecule has 1 unspecified atom stereocenters. The van der Waals surface area contributed by atoms with Crippen LogP contribution in [0.3, 0.4) is 0 Å². The number of piperazine rings is 1. The van der Waals surface area contributed by atoms with Gasteiger partial charge in [-0.05, 0) is 42.6 Å². The molecule has 2 aliphatic rings. The molecule has 4 heterocycles. The highest BCUT2D eigenvalue weighted by Crippen LogP contribution is 2.28. The van der Waals surface area contributed by atoms with Crippen LogP contribution in [-0.4, -0.2) is 71.1 Å². The second-order valence-corrected chi connectivity index (χ2v) is 9.37. The lowest BCUT2D eigenvalue weighted by molar-refractivity contribution is -0.137. The van der Waals surface area contributed by atoms with Gasteiger partial charge in [-0.1, -0.05) is 11.2 Å². The van der Waals surface area contributed by atoms with E-state index in [0.29, 0.717) is 44.5 Å². The second kappa shape index (κ2) is 9.94. The van der Waals surface area contributed by atoms with Gasteiger partial charge in [-0.15, -0.1) is 11.3 Å². The molecule has 0 N–H and O–H groups in total. The number of hydrogen-bond acceptors (Lipinski definition) is 8. The van der Waals surface area contributed by atoms with Crippen LogP contribution < -0.4 is 9.64 Å². The van der Waals surface area contributed by atoms with Gasteiger partial charge < -0.3 is 19.1 Å². The van der Waals surface area contributed by atoms with Gasteiger partial charge >= 0.3 is 0 Å². The second-order valence-electron chi connectivity index (χ2n) is 8.42. The summed E-state index contributed by atoms with van der Waals surface area (Å²) in [5.74, 6) is 1.69. The molecule has 0 bridgehead atoms. The molecule has 1 aromatic carbocycles. The third kappa shape index (κ3) is 4.83. The van der Waals surface area contributed by atoms with Crippen molar-refractivity contribution >= 4 is 28.8 Å². The van der Waals surface area contributed by atoms with Crippen molar-refractivity contribution < 1.29 is 18.8 Å². The van der Waals surface area contributed by atoms with E-state index in [2.05, 4.69) is 15.0 Å². The summed E-state index contributed by atoms with van der Waals surface area (Å²) >= 11 is 1.58. The minimum atomic E-state index is -0.310. The van der Waals surface area contributed by atoms with Gasteiger partial charge in [0.05, 0.1) is 23.9 Å². The molecule has 0 aliphatic carbocycles. The zero-order valence-corrected chi connectivity index (χ0v) is 19.9. The molecule has 10 heteroatoms. The van der Waals surface area contributed by atoms with Crippen LogP contribution in [-0.2, 0) is 16.1 Å². The maximum Gasteiger partial charge on any atom is 0.241 e. The third-order valence-electron chi connectivity index (χ3n) is 6.19. The quantitative estimate of drug-likeness (QED) is 0.512. The summed E-state index contributed by atoms with van der Waals surface area (Å²) in [6.07, 6.45) is 0.250. The molecular weight excluding hydrogens is 454 g/mol. The van der Waals surface area contributed by atoms with E-state index < -0.39 is 0 Å². The average molecular weight is 482 g/mol. The lowest BCUT2D eigenvalue weighted by atomic mass is 10.1. The van der Waals surface area contributed by atoms with Crippen molar-refractivity contribution in [3.63, 3.8) is 0 Å². The Morgan fingerprint density at radius 1 is 1.18 bits per heavy atom. The molecule has 0 radical (unpaired) electrons. The van der Waals surface area contributed by atoms with Crippen molar-refractivity contribution in [1.82, 2.24) is 19.9 Å². The Morgan fingerprint density at radius 2 is 1.97 bits per heavy atom. The smallest absolute Gasteiger partial charge is 0.241 e. The van der Waals surface area contributed by atoms with Gasteiger partial charge in [0, 0.05) is 44.8 Å². The molecular formula is C24H27N5O4S. The summed E-state index contributed by atoms with van der Waals surface area (Å²) in [5.41, 5.74) is 0.801. The van der Waals surface area contributed by atoms with Crippen LogP contribution in [0.25, 0.3) is 10.7 Å². The number of aromatic nitrogens is 2. The first-order valence-electron chi connectivity index (χ1n) is 11.5.